The fourth-order valence-corrected chi connectivity index (χ4v) is 1.46. The number of nitrogens with one attached hydrogen (secondary N) is 1. The van der Waals surface area contributed by atoms with Crippen molar-refractivity contribution in [3.8, 4) is 11.5 Å². The molecular formula is C13H18N2O4. The summed E-state index contributed by atoms with van der Waals surface area (Å²) in [5.41, 5.74) is 5.34. The largest absolute Gasteiger partial charge is 0.490 e. The molecule has 1 rings (SSSR count). The molecule has 6 heteroatoms. The lowest BCUT2D eigenvalue weighted by atomic mass is 10.2. The Kier molecular flexibility index (Phi) is 5.66. The molecule has 3 N–H and O–H groups in total. The predicted molar refractivity (Wildman–Crippen MR) is 70.3 cm³/mol. The summed E-state index contributed by atoms with van der Waals surface area (Å²) in [5, 5.41) is 2.41. The number of hydrogen-bond donors (Lipinski definition) is 2. The zero-order valence-corrected chi connectivity index (χ0v) is 11.1. The van der Waals surface area contributed by atoms with Crippen molar-refractivity contribution < 1.29 is 19.1 Å². The van der Waals surface area contributed by atoms with E-state index < -0.39 is 5.91 Å². The average molecular weight is 266 g/mol. The SMILES string of the molecule is CCOc1ccc(C(=O)NCC(N)=O)cc1OCC. The van der Waals surface area contributed by atoms with Crippen molar-refractivity contribution in [3.05, 3.63) is 23.8 Å². The van der Waals surface area contributed by atoms with Crippen LogP contribution in [0.25, 0.3) is 0 Å². The summed E-state index contributed by atoms with van der Waals surface area (Å²) in [6.45, 7) is 4.48. The summed E-state index contributed by atoms with van der Waals surface area (Å²) in [6, 6.07) is 4.84. The maximum absolute atomic E-state index is 11.8. The molecule has 19 heavy (non-hydrogen) atoms. The minimum absolute atomic E-state index is 0.198. The molecule has 0 saturated heterocycles. The van der Waals surface area contributed by atoms with Crippen LogP contribution in [0, 0.1) is 0 Å². The lowest BCUT2D eigenvalue weighted by Crippen LogP contribution is -2.33. The van der Waals surface area contributed by atoms with Crippen LogP contribution < -0.4 is 20.5 Å². The minimum Gasteiger partial charge on any atom is -0.490 e. The number of ether oxygens (including phenoxy) is 2. The van der Waals surface area contributed by atoms with E-state index in [1.165, 1.54) is 0 Å². The van der Waals surface area contributed by atoms with Gasteiger partial charge in [0.25, 0.3) is 5.91 Å². The van der Waals surface area contributed by atoms with E-state index in [1.807, 2.05) is 13.8 Å². The van der Waals surface area contributed by atoms with Crippen LogP contribution >= 0.6 is 0 Å². The molecule has 0 heterocycles. The highest BCUT2D eigenvalue weighted by atomic mass is 16.5. The Balaban J connectivity index is 2.87. The molecule has 0 fully saturated rings. The third-order valence-corrected chi connectivity index (χ3v) is 2.23. The second-order valence-electron chi connectivity index (χ2n) is 3.68. The molecule has 1 aromatic carbocycles. The van der Waals surface area contributed by atoms with Gasteiger partial charge >= 0.3 is 0 Å². The smallest absolute Gasteiger partial charge is 0.251 e. The van der Waals surface area contributed by atoms with Crippen molar-refractivity contribution in [3.63, 3.8) is 0 Å². The van der Waals surface area contributed by atoms with Crippen LogP contribution in [0.2, 0.25) is 0 Å². The van der Waals surface area contributed by atoms with Crippen LogP contribution in [-0.4, -0.2) is 31.6 Å². The van der Waals surface area contributed by atoms with Crippen molar-refractivity contribution in [2.45, 2.75) is 13.8 Å². The third kappa shape index (κ3) is 4.50. The van der Waals surface area contributed by atoms with E-state index in [9.17, 15) is 9.59 Å². The number of carbonyl (C=O) groups is 2. The third-order valence-electron chi connectivity index (χ3n) is 2.23. The molecule has 0 unspecified atom stereocenters. The number of benzene rings is 1. The quantitative estimate of drug-likeness (QED) is 0.760. The van der Waals surface area contributed by atoms with Crippen LogP contribution in [-0.2, 0) is 4.79 Å². The second kappa shape index (κ2) is 7.25. The first kappa shape index (κ1) is 14.8. The van der Waals surface area contributed by atoms with E-state index in [-0.39, 0.29) is 12.5 Å². The van der Waals surface area contributed by atoms with E-state index in [0.717, 1.165) is 0 Å². The molecular weight excluding hydrogens is 248 g/mol. The second-order valence-corrected chi connectivity index (χ2v) is 3.68. The van der Waals surface area contributed by atoms with Gasteiger partial charge in [-0.3, -0.25) is 9.59 Å². The van der Waals surface area contributed by atoms with Crippen molar-refractivity contribution in [2.24, 2.45) is 5.73 Å². The van der Waals surface area contributed by atoms with Crippen molar-refractivity contribution in [2.75, 3.05) is 19.8 Å². The highest BCUT2D eigenvalue weighted by Crippen LogP contribution is 2.28. The fourth-order valence-electron chi connectivity index (χ4n) is 1.46. The number of rotatable bonds is 7. The summed E-state index contributed by atoms with van der Waals surface area (Å²) in [7, 11) is 0. The van der Waals surface area contributed by atoms with Gasteiger partial charge < -0.3 is 20.5 Å². The lowest BCUT2D eigenvalue weighted by molar-refractivity contribution is -0.117. The number of amides is 2. The highest BCUT2D eigenvalue weighted by molar-refractivity contribution is 5.96. The summed E-state index contributed by atoms with van der Waals surface area (Å²) in [4.78, 5) is 22.4. The zero-order chi connectivity index (χ0) is 14.3. The molecule has 0 aromatic heterocycles. The van der Waals surface area contributed by atoms with Crippen LogP contribution in [0.1, 0.15) is 24.2 Å². The molecule has 0 aliphatic carbocycles. The van der Waals surface area contributed by atoms with Gasteiger partial charge in [-0.1, -0.05) is 0 Å². The van der Waals surface area contributed by atoms with Gasteiger partial charge in [-0.2, -0.15) is 0 Å². The number of nitrogens with two attached hydrogens (primary N) is 1. The molecule has 0 bridgehead atoms. The summed E-state index contributed by atoms with van der Waals surface area (Å²) >= 11 is 0. The van der Waals surface area contributed by atoms with Gasteiger partial charge in [0, 0.05) is 5.56 Å². The first-order valence-electron chi connectivity index (χ1n) is 6.04. The van der Waals surface area contributed by atoms with Crippen molar-refractivity contribution in [1.29, 1.82) is 0 Å². The molecule has 0 spiro atoms. The molecule has 1 aromatic rings. The summed E-state index contributed by atoms with van der Waals surface area (Å²) < 4.78 is 10.8. The monoisotopic (exact) mass is 266 g/mol. The molecule has 0 atom stereocenters. The first-order valence-corrected chi connectivity index (χ1v) is 6.04. The van der Waals surface area contributed by atoms with E-state index in [2.05, 4.69) is 5.32 Å². The zero-order valence-electron chi connectivity index (χ0n) is 11.1. The van der Waals surface area contributed by atoms with Gasteiger partial charge in [0.1, 0.15) is 0 Å². The maximum Gasteiger partial charge on any atom is 0.251 e. The van der Waals surface area contributed by atoms with Gasteiger partial charge in [0.05, 0.1) is 19.8 Å². The fraction of sp³-hybridized carbons (Fsp3) is 0.385. The van der Waals surface area contributed by atoms with E-state index >= 15 is 0 Å². The molecule has 2 amide bonds. The lowest BCUT2D eigenvalue weighted by Gasteiger charge is -2.12. The predicted octanol–water partition coefficient (Wildman–Crippen LogP) is 0.699. The van der Waals surface area contributed by atoms with Crippen molar-refractivity contribution in [1.82, 2.24) is 5.32 Å². The van der Waals surface area contributed by atoms with Crippen molar-refractivity contribution >= 4 is 11.8 Å². The van der Waals surface area contributed by atoms with Crippen LogP contribution in [0.15, 0.2) is 18.2 Å². The molecule has 6 nitrogen and oxygen atoms in total. The van der Waals surface area contributed by atoms with Gasteiger partial charge in [0.15, 0.2) is 11.5 Å². The first-order chi connectivity index (χ1) is 9.08. The molecule has 0 saturated carbocycles. The Labute approximate surface area is 111 Å². The normalized spacial score (nSPS) is 9.79. The van der Waals surface area contributed by atoms with Gasteiger partial charge in [-0.05, 0) is 32.0 Å². The van der Waals surface area contributed by atoms with Crippen LogP contribution in [0.5, 0.6) is 11.5 Å². The van der Waals surface area contributed by atoms with Crippen LogP contribution in [0.4, 0.5) is 0 Å². The van der Waals surface area contributed by atoms with Gasteiger partial charge in [-0.15, -0.1) is 0 Å². The Morgan fingerprint density at radius 2 is 1.79 bits per heavy atom. The molecule has 0 aliphatic rings. The Hall–Kier alpha value is -2.24. The summed E-state index contributed by atoms with van der Waals surface area (Å²) in [5.74, 6) is 0.0963. The van der Waals surface area contributed by atoms with Gasteiger partial charge in [-0.25, -0.2) is 0 Å². The Morgan fingerprint density at radius 1 is 1.16 bits per heavy atom. The van der Waals surface area contributed by atoms with E-state index in [0.29, 0.717) is 30.3 Å². The molecule has 0 aliphatic heterocycles. The average Bonchev–Trinajstić information content (AvgIpc) is 2.38. The molecule has 0 radical (unpaired) electrons. The maximum atomic E-state index is 11.8. The number of hydrogen-bond acceptors (Lipinski definition) is 4. The van der Waals surface area contributed by atoms with E-state index in [4.69, 9.17) is 15.2 Å². The number of carbonyl (C=O) groups excluding carboxylic acids is 2. The Bertz CT molecular complexity index is 460. The standard InChI is InChI=1S/C13H18N2O4/c1-3-18-10-6-5-9(7-11(10)19-4-2)13(17)15-8-12(14)16/h5-7H,3-4,8H2,1-2H3,(H2,14,16)(H,15,17). The minimum atomic E-state index is -0.593. The highest BCUT2D eigenvalue weighted by Gasteiger charge is 2.11. The van der Waals surface area contributed by atoms with Crippen LogP contribution in [0.3, 0.4) is 0 Å². The molecule has 104 valence electrons. The van der Waals surface area contributed by atoms with Gasteiger partial charge in [0.2, 0.25) is 5.91 Å². The van der Waals surface area contributed by atoms with E-state index in [1.54, 1.807) is 18.2 Å². The number of primary amides is 1. The topological polar surface area (TPSA) is 90.6 Å². The Morgan fingerprint density at radius 3 is 2.37 bits per heavy atom. The summed E-state index contributed by atoms with van der Waals surface area (Å²) in [6.07, 6.45) is 0.